The van der Waals surface area contributed by atoms with Gasteiger partial charge in [0.1, 0.15) is 5.82 Å². The quantitative estimate of drug-likeness (QED) is 0.803. The highest BCUT2D eigenvalue weighted by molar-refractivity contribution is 7.88. The average Bonchev–Trinajstić information content (AvgIpc) is 2.64. The summed E-state index contributed by atoms with van der Waals surface area (Å²) in [7, 11) is -3.60. The van der Waals surface area contributed by atoms with Gasteiger partial charge in [0.2, 0.25) is 10.0 Å². The number of rotatable bonds is 7. The van der Waals surface area contributed by atoms with E-state index in [-0.39, 0.29) is 17.9 Å². The van der Waals surface area contributed by atoms with Crippen LogP contribution in [0.1, 0.15) is 16.7 Å². The molecule has 3 rings (SSSR count). The molecule has 0 bridgehead atoms. The molecular formula is C19H23FN2O3S. The van der Waals surface area contributed by atoms with Gasteiger partial charge in [0.15, 0.2) is 0 Å². The van der Waals surface area contributed by atoms with Gasteiger partial charge in [-0.1, -0.05) is 42.5 Å². The van der Waals surface area contributed by atoms with Crippen molar-refractivity contribution in [3.8, 4) is 0 Å². The van der Waals surface area contributed by atoms with E-state index in [9.17, 15) is 12.8 Å². The van der Waals surface area contributed by atoms with Gasteiger partial charge in [0.25, 0.3) is 0 Å². The molecule has 1 heterocycles. The standard InChI is InChI=1S/C19H23FN2O3S/c20-19-4-2-1-3-18(19)15-26(23,24)21-13-16-5-7-17(8-6-16)14-22-9-11-25-12-10-22/h1-8,21H,9-15H2. The highest BCUT2D eigenvalue weighted by atomic mass is 32.2. The van der Waals surface area contributed by atoms with E-state index in [4.69, 9.17) is 4.74 Å². The van der Waals surface area contributed by atoms with Crippen molar-refractivity contribution in [2.75, 3.05) is 26.3 Å². The van der Waals surface area contributed by atoms with Gasteiger partial charge in [0, 0.05) is 31.7 Å². The van der Waals surface area contributed by atoms with Crippen LogP contribution in [0.2, 0.25) is 0 Å². The number of sulfonamides is 1. The molecule has 0 atom stereocenters. The fourth-order valence-electron chi connectivity index (χ4n) is 2.84. The predicted octanol–water partition coefficient (Wildman–Crippen LogP) is 2.28. The Morgan fingerprint density at radius 2 is 1.65 bits per heavy atom. The first-order valence-electron chi connectivity index (χ1n) is 8.60. The van der Waals surface area contributed by atoms with Gasteiger partial charge < -0.3 is 4.74 Å². The third kappa shape index (κ3) is 5.60. The predicted molar refractivity (Wildman–Crippen MR) is 98.4 cm³/mol. The Bertz CT molecular complexity index is 819. The maximum Gasteiger partial charge on any atom is 0.216 e. The summed E-state index contributed by atoms with van der Waals surface area (Å²) >= 11 is 0. The average molecular weight is 378 g/mol. The molecular weight excluding hydrogens is 355 g/mol. The maximum absolute atomic E-state index is 13.6. The van der Waals surface area contributed by atoms with Crippen LogP contribution in [0.4, 0.5) is 4.39 Å². The van der Waals surface area contributed by atoms with Crippen LogP contribution in [0.5, 0.6) is 0 Å². The summed E-state index contributed by atoms with van der Waals surface area (Å²) in [6.45, 7) is 4.44. The van der Waals surface area contributed by atoms with Crippen LogP contribution in [0, 0.1) is 5.82 Å². The van der Waals surface area contributed by atoms with Crippen molar-refractivity contribution in [2.45, 2.75) is 18.8 Å². The summed E-state index contributed by atoms with van der Waals surface area (Å²) < 4.78 is 45.8. The molecule has 1 aliphatic heterocycles. The Hall–Kier alpha value is -1.80. The summed E-state index contributed by atoms with van der Waals surface area (Å²) in [4.78, 5) is 2.33. The molecule has 1 N–H and O–H groups in total. The van der Waals surface area contributed by atoms with Crippen molar-refractivity contribution in [3.05, 3.63) is 71.0 Å². The molecule has 0 amide bonds. The Balaban J connectivity index is 1.53. The van der Waals surface area contributed by atoms with Crippen molar-refractivity contribution in [3.63, 3.8) is 0 Å². The molecule has 0 spiro atoms. The number of nitrogens with one attached hydrogen (secondary N) is 1. The van der Waals surface area contributed by atoms with E-state index in [1.807, 2.05) is 24.3 Å². The van der Waals surface area contributed by atoms with Gasteiger partial charge in [0.05, 0.1) is 19.0 Å². The summed E-state index contributed by atoms with van der Waals surface area (Å²) in [5.74, 6) is -0.875. The zero-order valence-corrected chi connectivity index (χ0v) is 15.3. The van der Waals surface area contributed by atoms with Crippen LogP contribution in [0.3, 0.4) is 0 Å². The van der Waals surface area contributed by atoms with Gasteiger partial charge in [-0.05, 0) is 17.2 Å². The summed E-state index contributed by atoms with van der Waals surface area (Å²) in [6.07, 6.45) is 0. The molecule has 5 nitrogen and oxygen atoms in total. The second-order valence-electron chi connectivity index (χ2n) is 6.38. The first-order chi connectivity index (χ1) is 12.5. The van der Waals surface area contributed by atoms with Crippen LogP contribution in [0.25, 0.3) is 0 Å². The lowest BCUT2D eigenvalue weighted by Gasteiger charge is -2.26. The van der Waals surface area contributed by atoms with Crippen LogP contribution in [0.15, 0.2) is 48.5 Å². The topological polar surface area (TPSA) is 58.6 Å². The Morgan fingerprint density at radius 1 is 1.00 bits per heavy atom. The lowest BCUT2D eigenvalue weighted by atomic mass is 10.1. The zero-order chi connectivity index (χ0) is 18.4. The first kappa shape index (κ1) is 19.0. The van der Waals surface area contributed by atoms with E-state index in [0.717, 1.165) is 38.4 Å². The SMILES string of the molecule is O=S(=O)(Cc1ccccc1F)NCc1ccc(CN2CCOCC2)cc1. The second kappa shape index (κ2) is 8.73. The van der Waals surface area contributed by atoms with E-state index in [0.29, 0.717) is 0 Å². The lowest BCUT2D eigenvalue weighted by Crippen LogP contribution is -2.35. The van der Waals surface area contributed by atoms with Crippen molar-refractivity contribution in [1.82, 2.24) is 9.62 Å². The third-order valence-electron chi connectivity index (χ3n) is 4.33. The Kier molecular flexibility index (Phi) is 6.37. The van der Waals surface area contributed by atoms with Crippen molar-refractivity contribution < 1.29 is 17.5 Å². The summed E-state index contributed by atoms with van der Waals surface area (Å²) in [5.41, 5.74) is 2.22. The molecule has 1 fully saturated rings. The number of halogens is 1. The highest BCUT2D eigenvalue weighted by Gasteiger charge is 2.14. The maximum atomic E-state index is 13.6. The minimum Gasteiger partial charge on any atom is -0.379 e. The van der Waals surface area contributed by atoms with E-state index in [1.54, 1.807) is 6.07 Å². The molecule has 0 radical (unpaired) electrons. The van der Waals surface area contributed by atoms with Crippen LogP contribution in [-0.2, 0) is 33.6 Å². The highest BCUT2D eigenvalue weighted by Crippen LogP contribution is 2.12. The smallest absolute Gasteiger partial charge is 0.216 e. The van der Waals surface area contributed by atoms with E-state index in [2.05, 4.69) is 9.62 Å². The molecule has 0 saturated carbocycles. The number of hydrogen-bond donors (Lipinski definition) is 1. The van der Waals surface area contributed by atoms with Crippen LogP contribution < -0.4 is 4.72 Å². The minimum absolute atomic E-state index is 0.167. The molecule has 2 aromatic carbocycles. The zero-order valence-electron chi connectivity index (χ0n) is 14.5. The number of hydrogen-bond acceptors (Lipinski definition) is 4. The van der Waals surface area contributed by atoms with E-state index in [1.165, 1.54) is 23.8 Å². The Morgan fingerprint density at radius 3 is 2.35 bits per heavy atom. The van der Waals surface area contributed by atoms with E-state index >= 15 is 0 Å². The van der Waals surface area contributed by atoms with E-state index < -0.39 is 15.8 Å². The third-order valence-corrected chi connectivity index (χ3v) is 5.61. The van der Waals surface area contributed by atoms with Crippen molar-refractivity contribution in [2.24, 2.45) is 0 Å². The fourth-order valence-corrected chi connectivity index (χ4v) is 3.98. The molecule has 140 valence electrons. The summed E-state index contributed by atoms with van der Waals surface area (Å²) in [5, 5.41) is 0. The van der Waals surface area contributed by atoms with Crippen molar-refractivity contribution in [1.29, 1.82) is 0 Å². The number of ether oxygens (including phenoxy) is 1. The van der Waals surface area contributed by atoms with Crippen molar-refractivity contribution >= 4 is 10.0 Å². The number of morpholine rings is 1. The molecule has 0 aromatic heterocycles. The van der Waals surface area contributed by atoms with Gasteiger partial charge in [-0.25, -0.2) is 17.5 Å². The number of nitrogens with zero attached hydrogens (tertiary/aromatic N) is 1. The number of benzene rings is 2. The molecule has 1 saturated heterocycles. The van der Waals surface area contributed by atoms with Gasteiger partial charge in [-0.2, -0.15) is 0 Å². The molecule has 7 heteroatoms. The van der Waals surface area contributed by atoms with Crippen LogP contribution >= 0.6 is 0 Å². The minimum atomic E-state index is -3.60. The summed E-state index contributed by atoms with van der Waals surface area (Å²) in [6, 6.07) is 13.8. The van der Waals surface area contributed by atoms with Gasteiger partial charge >= 0.3 is 0 Å². The normalized spacial score (nSPS) is 15.9. The van der Waals surface area contributed by atoms with Gasteiger partial charge in [-0.15, -0.1) is 0 Å². The molecule has 0 unspecified atom stereocenters. The lowest BCUT2D eigenvalue weighted by molar-refractivity contribution is 0.0342. The molecule has 0 aliphatic carbocycles. The molecule has 26 heavy (non-hydrogen) atoms. The second-order valence-corrected chi connectivity index (χ2v) is 8.18. The molecule has 1 aliphatic rings. The largest absolute Gasteiger partial charge is 0.379 e. The molecule has 2 aromatic rings. The fraction of sp³-hybridized carbons (Fsp3) is 0.368. The first-order valence-corrected chi connectivity index (χ1v) is 10.3. The van der Waals surface area contributed by atoms with Gasteiger partial charge in [-0.3, -0.25) is 4.90 Å². The Labute approximate surface area is 153 Å². The monoisotopic (exact) mass is 378 g/mol. The van der Waals surface area contributed by atoms with Crippen LogP contribution in [-0.4, -0.2) is 39.6 Å².